The summed E-state index contributed by atoms with van der Waals surface area (Å²) < 4.78 is 7.53. The molecule has 7 nitrogen and oxygen atoms in total. The topological polar surface area (TPSA) is 81.2 Å². The molecule has 0 N–H and O–H groups in total. The Kier molecular flexibility index (Phi) is 5.24. The molecular formula is C23H17ClN4O3S. The fourth-order valence-corrected chi connectivity index (χ4v) is 4.70. The van der Waals surface area contributed by atoms with Crippen molar-refractivity contribution < 1.29 is 9.21 Å². The zero-order valence-corrected chi connectivity index (χ0v) is 18.6. The van der Waals surface area contributed by atoms with Gasteiger partial charge in [-0.25, -0.2) is 9.78 Å². The lowest BCUT2D eigenvalue weighted by atomic mass is 10.2. The van der Waals surface area contributed by atoms with E-state index in [1.807, 2.05) is 37.3 Å². The number of para-hydroxylation sites is 2. The van der Waals surface area contributed by atoms with Crippen molar-refractivity contribution in [1.82, 2.24) is 14.5 Å². The van der Waals surface area contributed by atoms with E-state index < -0.39 is 5.76 Å². The highest BCUT2D eigenvalue weighted by Gasteiger charge is 2.23. The van der Waals surface area contributed by atoms with Gasteiger partial charge in [-0.1, -0.05) is 41.1 Å². The summed E-state index contributed by atoms with van der Waals surface area (Å²) in [5.74, 6) is -0.878. The van der Waals surface area contributed by atoms with Gasteiger partial charge in [0.1, 0.15) is 6.54 Å². The first kappa shape index (κ1) is 20.4. The molecule has 0 saturated heterocycles. The monoisotopic (exact) mass is 464 g/mol. The maximum Gasteiger partial charge on any atom is 0.420 e. The maximum atomic E-state index is 13.5. The molecule has 160 valence electrons. The molecule has 0 spiro atoms. The zero-order valence-electron chi connectivity index (χ0n) is 17.0. The van der Waals surface area contributed by atoms with E-state index in [-0.39, 0.29) is 19.0 Å². The highest BCUT2D eigenvalue weighted by molar-refractivity contribution is 7.22. The molecule has 0 atom stereocenters. The number of benzene rings is 2. The third-order valence-electron chi connectivity index (χ3n) is 5.18. The van der Waals surface area contributed by atoms with Gasteiger partial charge in [0.2, 0.25) is 5.91 Å². The lowest BCUT2D eigenvalue weighted by Crippen LogP contribution is -2.35. The number of carbonyl (C=O) groups is 1. The molecule has 1 amide bonds. The molecule has 32 heavy (non-hydrogen) atoms. The summed E-state index contributed by atoms with van der Waals surface area (Å²) in [5, 5.41) is 1.13. The van der Waals surface area contributed by atoms with Gasteiger partial charge in [-0.3, -0.25) is 19.2 Å². The van der Waals surface area contributed by atoms with Crippen LogP contribution in [0.3, 0.4) is 0 Å². The molecule has 0 radical (unpaired) electrons. The first-order valence-corrected chi connectivity index (χ1v) is 11.0. The third kappa shape index (κ3) is 3.68. The summed E-state index contributed by atoms with van der Waals surface area (Å²) in [4.78, 5) is 36.5. The fourth-order valence-electron chi connectivity index (χ4n) is 3.50. The average Bonchev–Trinajstić information content (AvgIpc) is 3.37. The van der Waals surface area contributed by atoms with Crippen molar-refractivity contribution in [3.63, 3.8) is 0 Å². The summed E-state index contributed by atoms with van der Waals surface area (Å²) in [5.41, 5.74) is 3.32. The van der Waals surface area contributed by atoms with Gasteiger partial charge in [0.05, 0.1) is 28.0 Å². The molecular weight excluding hydrogens is 448 g/mol. The number of anilines is 1. The van der Waals surface area contributed by atoms with Crippen LogP contribution in [-0.2, 0) is 17.9 Å². The Labute approximate surface area is 191 Å². The molecule has 0 aliphatic heterocycles. The van der Waals surface area contributed by atoms with E-state index in [2.05, 4.69) is 4.98 Å². The van der Waals surface area contributed by atoms with Gasteiger partial charge in [0, 0.05) is 11.2 Å². The van der Waals surface area contributed by atoms with Crippen LogP contribution in [0, 0.1) is 6.92 Å². The van der Waals surface area contributed by atoms with Crippen LogP contribution in [0.4, 0.5) is 5.13 Å². The molecule has 3 aromatic heterocycles. The average molecular weight is 465 g/mol. The van der Waals surface area contributed by atoms with E-state index in [4.69, 9.17) is 21.0 Å². The highest BCUT2D eigenvalue weighted by atomic mass is 35.5. The summed E-state index contributed by atoms with van der Waals surface area (Å²) in [7, 11) is 0. The summed E-state index contributed by atoms with van der Waals surface area (Å²) in [6.07, 6.45) is 1.67. The number of aromatic nitrogens is 3. The predicted molar refractivity (Wildman–Crippen MR) is 125 cm³/mol. The number of thiazole rings is 1. The first-order valence-electron chi connectivity index (χ1n) is 9.85. The Morgan fingerprint density at radius 1 is 1.16 bits per heavy atom. The van der Waals surface area contributed by atoms with Gasteiger partial charge in [0.25, 0.3) is 0 Å². The Bertz CT molecular complexity index is 1510. The number of fused-ring (bicyclic) bond motifs is 2. The molecule has 0 unspecified atom stereocenters. The van der Waals surface area contributed by atoms with Crippen molar-refractivity contribution in [3.05, 3.63) is 87.6 Å². The van der Waals surface area contributed by atoms with Gasteiger partial charge in [-0.2, -0.15) is 0 Å². The van der Waals surface area contributed by atoms with Gasteiger partial charge in [-0.15, -0.1) is 0 Å². The van der Waals surface area contributed by atoms with E-state index in [1.165, 1.54) is 15.9 Å². The van der Waals surface area contributed by atoms with Crippen molar-refractivity contribution in [2.75, 3.05) is 4.90 Å². The predicted octanol–water partition coefficient (Wildman–Crippen LogP) is 4.79. The lowest BCUT2D eigenvalue weighted by molar-refractivity contribution is -0.119. The number of rotatable bonds is 5. The minimum atomic E-state index is -0.579. The molecule has 0 saturated carbocycles. The Balaban J connectivity index is 1.56. The molecule has 5 rings (SSSR count). The molecule has 5 aromatic rings. The third-order valence-corrected chi connectivity index (χ3v) is 6.63. The quantitative estimate of drug-likeness (QED) is 0.373. The van der Waals surface area contributed by atoms with Crippen molar-refractivity contribution in [3.8, 4) is 0 Å². The summed E-state index contributed by atoms with van der Waals surface area (Å²) in [6.45, 7) is 1.94. The Hall–Kier alpha value is -3.49. The Morgan fingerprint density at radius 2 is 1.97 bits per heavy atom. The van der Waals surface area contributed by atoms with Crippen molar-refractivity contribution in [1.29, 1.82) is 0 Å². The molecule has 0 aliphatic carbocycles. The second-order valence-electron chi connectivity index (χ2n) is 7.24. The number of carbonyl (C=O) groups excluding carboxylic acids is 1. The molecule has 9 heteroatoms. The Morgan fingerprint density at radius 3 is 2.78 bits per heavy atom. The zero-order chi connectivity index (χ0) is 22.2. The van der Waals surface area contributed by atoms with Crippen LogP contribution in [0.2, 0.25) is 5.02 Å². The summed E-state index contributed by atoms with van der Waals surface area (Å²) in [6, 6.07) is 16.3. The lowest BCUT2D eigenvalue weighted by Gasteiger charge is -2.19. The molecule has 2 aromatic carbocycles. The second-order valence-corrected chi connectivity index (χ2v) is 8.65. The second kappa shape index (κ2) is 8.22. The number of hydrogen-bond donors (Lipinski definition) is 0. The number of aryl methyl sites for hydroxylation is 1. The largest absolute Gasteiger partial charge is 0.420 e. The van der Waals surface area contributed by atoms with Crippen molar-refractivity contribution >= 4 is 55.3 Å². The van der Waals surface area contributed by atoms with Gasteiger partial charge < -0.3 is 4.42 Å². The van der Waals surface area contributed by atoms with Crippen LogP contribution in [0.5, 0.6) is 0 Å². The van der Waals surface area contributed by atoms with E-state index in [0.29, 0.717) is 26.9 Å². The van der Waals surface area contributed by atoms with Gasteiger partial charge in [0.15, 0.2) is 10.7 Å². The van der Waals surface area contributed by atoms with Crippen LogP contribution in [0.15, 0.2) is 70.0 Å². The highest BCUT2D eigenvalue weighted by Crippen LogP contribution is 2.34. The number of nitrogens with zero attached hydrogens (tertiary/aromatic N) is 4. The number of hydrogen-bond acceptors (Lipinski definition) is 6. The van der Waals surface area contributed by atoms with Crippen LogP contribution in [-0.4, -0.2) is 20.4 Å². The number of pyridine rings is 1. The van der Waals surface area contributed by atoms with Crippen LogP contribution < -0.4 is 10.7 Å². The molecule has 0 aliphatic rings. The van der Waals surface area contributed by atoms with Crippen LogP contribution in [0.1, 0.15) is 11.3 Å². The number of oxazole rings is 1. The minimum Gasteiger partial charge on any atom is -0.408 e. The van der Waals surface area contributed by atoms with E-state index in [1.54, 1.807) is 35.4 Å². The van der Waals surface area contributed by atoms with Crippen molar-refractivity contribution in [2.45, 2.75) is 20.0 Å². The van der Waals surface area contributed by atoms with Gasteiger partial charge in [-0.05, 0) is 48.9 Å². The number of halogens is 1. The SMILES string of the molecule is Cc1c(Cl)ccc2sc(N(Cc3ccccn3)C(=O)Cn3c(=O)oc4ccccc43)nc12. The van der Waals surface area contributed by atoms with E-state index in [9.17, 15) is 9.59 Å². The van der Waals surface area contributed by atoms with Crippen molar-refractivity contribution in [2.24, 2.45) is 0 Å². The standard InChI is InChI=1S/C23H17ClN4O3S/c1-14-16(24)9-10-19-21(14)26-22(32-19)28(12-15-6-4-5-11-25-15)20(29)13-27-17-7-2-3-8-18(17)31-23(27)30/h2-11H,12-13H2,1H3. The van der Waals surface area contributed by atoms with Gasteiger partial charge >= 0.3 is 5.76 Å². The smallest absolute Gasteiger partial charge is 0.408 e. The normalized spacial score (nSPS) is 11.3. The first-order chi connectivity index (χ1) is 15.5. The minimum absolute atomic E-state index is 0.182. The maximum absolute atomic E-state index is 13.5. The molecule has 0 fully saturated rings. The molecule has 0 bridgehead atoms. The summed E-state index contributed by atoms with van der Waals surface area (Å²) >= 11 is 7.66. The van der Waals surface area contributed by atoms with E-state index in [0.717, 1.165) is 15.8 Å². The number of amides is 1. The van der Waals surface area contributed by atoms with E-state index >= 15 is 0 Å². The molecule has 3 heterocycles. The van der Waals surface area contributed by atoms with Crippen LogP contribution >= 0.6 is 22.9 Å². The van der Waals surface area contributed by atoms with Crippen LogP contribution in [0.25, 0.3) is 21.3 Å². The fraction of sp³-hybridized carbons (Fsp3) is 0.130.